The van der Waals surface area contributed by atoms with E-state index in [0.29, 0.717) is 5.70 Å². The summed E-state index contributed by atoms with van der Waals surface area (Å²) in [4.78, 5) is 0. The third-order valence-corrected chi connectivity index (χ3v) is 2.15. The molecule has 0 aromatic heterocycles. The summed E-state index contributed by atoms with van der Waals surface area (Å²) in [6, 6.07) is 0.167. The predicted molar refractivity (Wildman–Crippen MR) is 50.1 cm³/mol. The molecule has 0 aliphatic carbocycles. The first-order chi connectivity index (χ1) is 5.26. The molecule has 3 nitrogen and oxygen atoms in total. The molecule has 0 aromatic rings. The fourth-order valence-corrected chi connectivity index (χ4v) is 1.26. The summed E-state index contributed by atoms with van der Waals surface area (Å²) < 4.78 is 0. The van der Waals surface area contributed by atoms with E-state index in [1.807, 2.05) is 7.05 Å². The SMILES string of the molecule is C=C(N=N)[C@H](CCSC)NC. The van der Waals surface area contributed by atoms with Crippen LogP contribution < -0.4 is 5.32 Å². The highest BCUT2D eigenvalue weighted by Crippen LogP contribution is 2.08. The Balaban J connectivity index is 3.74. The van der Waals surface area contributed by atoms with Gasteiger partial charge in [0.1, 0.15) is 0 Å². The molecule has 0 saturated carbocycles. The summed E-state index contributed by atoms with van der Waals surface area (Å²) in [5.41, 5.74) is 7.37. The molecule has 0 heterocycles. The molecular formula is C7H15N3S. The van der Waals surface area contributed by atoms with Crippen LogP contribution in [-0.4, -0.2) is 25.1 Å². The summed E-state index contributed by atoms with van der Waals surface area (Å²) in [6.45, 7) is 3.67. The third kappa shape index (κ3) is 4.16. The Bertz CT molecular complexity index is 136. The van der Waals surface area contributed by atoms with Gasteiger partial charge in [-0.1, -0.05) is 6.58 Å². The van der Waals surface area contributed by atoms with E-state index in [-0.39, 0.29) is 6.04 Å². The Morgan fingerprint density at radius 1 is 1.82 bits per heavy atom. The molecule has 0 spiro atoms. The van der Waals surface area contributed by atoms with E-state index in [1.54, 1.807) is 11.8 Å². The summed E-state index contributed by atoms with van der Waals surface area (Å²) in [6.07, 6.45) is 3.05. The minimum absolute atomic E-state index is 0.167. The first kappa shape index (κ1) is 10.7. The van der Waals surface area contributed by atoms with E-state index < -0.39 is 0 Å². The van der Waals surface area contributed by atoms with E-state index in [0.717, 1.165) is 12.2 Å². The van der Waals surface area contributed by atoms with Crippen LogP contribution in [0.1, 0.15) is 6.42 Å². The second-order valence-corrected chi connectivity index (χ2v) is 3.21. The van der Waals surface area contributed by atoms with Gasteiger partial charge in [0.25, 0.3) is 0 Å². The molecule has 64 valence electrons. The van der Waals surface area contributed by atoms with Gasteiger partial charge in [-0.15, -0.1) is 0 Å². The van der Waals surface area contributed by atoms with Crippen LogP contribution in [-0.2, 0) is 0 Å². The zero-order valence-corrected chi connectivity index (χ0v) is 7.87. The lowest BCUT2D eigenvalue weighted by atomic mass is 10.2. The second kappa shape index (κ2) is 6.37. The number of likely N-dealkylation sites (N-methyl/N-ethyl adjacent to an activating group) is 1. The molecular weight excluding hydrogens is 158 g/mol. The van der Waals surface area contributed by atoms with E-state index in [1.165, 1.54) is 0 Å². The van der Waals surface area contributed by atoms with Gasteiger partial charge in [0, 0.05) is 0 Å². The van der Waals surface area contributed by atoms with Crippen molar-refractivity contribution in [1.29, 1.82) is 5.53 Å². The van der Waals surface area contributed by atoms with Crippen LogP contribution in [0, 0.1) is 5.53 Å². The lowest BCUT2D eigenvalue weighted by Gasteiger charge is -2.13. The van der Waals surface area contributed by atoms with Crippen molar-refractivity contribution >= 4 is 11.8 Å². The van der Waals surface area contributed by atoms with Crippen LogP contribution in [0.15, 0.2) is 17.4 Å². The summed E-state index contributed by atoms with van der Waals surface area (Å²) in [5, 5.41) is 6.36. The molecule has 0 amide bonds. The molecule has 4 heteroatoms. The zero-order chi connectivity index (χ0) is 8.69. The first-order valence-corrected chi connectivity index (χ1v) is 4.88. The Hall–Kier alpha value is -0.350. The lowest BCUT2D eigenvalue weighted by Crippen LogP contribution is -2.26. The summed E-state index contributed by atoms with van der Waals surface area (Å²) >= 11 is 1.79. The highest BCUT2D eigenvalue weighted by Gasteiger charge is 2.07. The number of thioether (sulfide) groups is 1. The standard InChI is InChI=1S/C7H15N3S/c1-6(10-8)7(9-2)4-5-11-3/h7-9H,1,4-5H2,2-3H3/t7-/m0/s1. The molecule has 2 N–H and O–H groups in total. The molecule has 0 saturated heterocycles. The maximum atomic E-state index is 6.76. The van der Waals surface area contributed by atoms with Crippen molar-refractivity contribution in [3.63, 3.8) is 0 Å². The van der Waals surface area contributed by atoms with E-state index in [9.17, 15) is 0 Å². The molecule has 0 bridgehead atoms. The van der Waals surface area contributed by atoms with Crippen LogP contribution in [0.25, 0.3) is 0 Å². The molecule has 0 aliphatic heterocycles. The number of hydrogen-bond donors (Lipinski definition) is 2. The van der Waals surface area contributed by atoms with Crippen molar-refractivity contribution in [1.82, 2.24) is 5.32 Å². The monoisotopic (exact) mass is 173 g/mol. The normalized spacial score (nSPS) is 12.5. The Labute approximate surface area is 72.1 Å². The molecule has 0 rings (SSSR count). The number of nitrogens with one attached hydrogen (secondary N) is 2. The van der Waals surface area contributed by atoms with Gasteiger partial charge in [0.2, 0.25) is 0 Å². The zero-order valence-electron chi connectivity index (χ0n) is 7.05. The molecule has 0 radical (unpaired) electrons. The van der Waals surface area contributed by atoms with Crippen molar-refractivity contribution < 1.29 is 0 Å². The summed E-state index contributed by atoms with van der Waals surface area (Å²) in [5.74, 6) is 1.07. The van der Waals surface area contributed by atoms with E-state index >= 15 is 0 Å². The van der Waals surface area contributed by atoms with Crippen LogP contribution in [0.5, 0.6) is 0 Å². The fourth-order valence-electron chi connectivity index (χ4n) is 0.791. The van der Waals surface area contributed by atoms with Crippen molar-refractivity contribution in [2.45, 2.75) is 12.5 Å². The number of rotatable bonds is 6. The van der Waals surface area contributed by atoms with Gasteiger partial charge in [-0.25, -0.2) is 5.53 Å². The number of nitrogens with zero attached hydrogens (tertiary/aromatic N) is 1. The molecule has 0 fully saturated rings. The van der Waals surface area contributed by atoms with Crippen molar-refractivity contribution in [2.75, 3.05) is 19.1 Å². The smallest absolute Gasteiger partial charge is 0.0721 e. The van der Waals surface area contributed by atoms with Crippen molar-refractivity contribution in [3.05, 3.63) is 12.3 Å². The minimum atomic E-state index is 0.167. The fraction of sp³-hybridized carbons (Fsp3) is 0.714. The number of hydrogen-bond acceptors (Lipinski definition) is 4. The van der Waals surface area contributed by atoms with Crippen LogP contribution in [0.2, 0.25) is 0 Å². The van der Waals surface area contributed by atoms with Crippen LogP contribution >= 0.6 is 11.8 Å². The quantitative estimate of drug-likeness (QED) is 0.602. The maximum absolute atomic E-state index is 6.76. The maximum Gasteiger partial charge on any atom is 0.0721 e. The van der Waals surface area contributed by atoms with E-state index in [2.05, 4.69) is 23.3 Å². The molecule has 0 aromatic carbocycles. The predicted octanol–water partition coefficient (Wildman–Crippen LogP) is 1.87. The summed E-state index contributed by atoms with van der Waals surface area (Å²) in [7, 11) is 1.86. The first-order valence-electron chi connectivity index (χ1n) is 3.48. The minimum Gasteiger partial charge on any atom is -0.312 e. The average Bonchev–Trinajstić information content (AvgIpc) is 2.05. The second-order valence-electron chi connectivity index (χ2n) is 2.23. The van der Waals surface area contributed by atoms with Gasteiger partial charge in [0.05, 0.1) is 11.7 Å². The van der Waals surface area contributed by atoms with Crippen molar-refractivity contribution in [2.24, 2.45) is 5.11 Å². The van der Waals surface area contributed by atoms with Crippen molar-refractivity contribution in [3.8, 4) is 0 Å². The van der Waals surface area contributed by atoms with Gasteiger partial charge in [-0.05, 0) is 25.5 Å². The largest absolute Gasteiger partial charge is 0.312 e. The topological polar surface area (TPSA) is 48.2 Å². The Morgan fingerprint density at radius 3 is 2.82 bits per heavy atom. The highest BCUT2D eigenvalue weighted by atomic mass is 32.2. The van der Waals surface area contributed by atoms with E-state index in [4.69, 9.17) is 5.53 Å². The molecule has 0 aliphatic rings. The van der Waals surface area contributed by atoms with Gasteiger partial charge in [-0.3, -0.25) is 0 Å². The molecule has 11 heavy (non-hydrogen) atoms. The highest BCUT2D eigenvalue weighted by molar-refractivity contribution is 7.98. The Kier molecular flexibility index (Phi) is 6.16. The lowest BCUT2D eigenvalue weighted by molar-refractivity contribution is 0.608. The molecule has 0 unspecified atom stereocenters. The van der Waals surface area contributed by atoms with Gasteiger partial charge in [0.15, 0.2) is 0 Å². The average molecular weight is 173 g/mol. The van der Waals surface area contributed by atoms with Crippen LogP contribution in [0.4, 0.5) is 0 Å². The van der Waals surface area contributed by atoms with Gasteiger partial charge < -0.3 is 5.32 Å². The third-order valence-electron chi connectivity index (χ3n) is 1.50. The van der Waals surface area contributed by atoms with Gasteiger partial charge in [-0.2, -0.15) is 16.9 Å². The van der Waals surface area contributed by atoms with Gasteiger partial charge >= 0.3 is 0 Å². The van der Waals surface area contributed by atoms with Crippen LogP contribution in [0.3, 0.4) is 0 Å². The molecule has 1 atom stereocenters. The Morgan fingerprint density at radius 2 is 2.45 bits per heavy atom.